The molecule has 6 atom stereocenters. The van der Waals surface area contributed by atoms with Crippen LogP contribution in [0.15, 0.2) is 12.2 Å². The van der Waals surface area contributed by atoms with Gasteiger partial charge < -0.3 is 14.6 Å². The first-order chi connectivity index (χ1) is 10.9. The Balaban J connectivity index is 2.08. The summed E-state index contributed by atoms with van der Waals surface area (Å²) in [6, 6.07) is 0. The van der Waals surface area contributed by atoms with E-state index in [1.807, 2.05) is 0 Å². The molecule has 1 N–H and O–H groups in total. The predicted molar refractivity (Wildman–Crippen MR) is 87.9 cm³/mol. The lowest BCUT2D eigenvalue weighted by Crippen LogP contribution is -2.46. The molecule has 0 aromatic carbocycles. The Bertz CT molecular complexity index is 609. The van der Waals surface area contributed by atoms with Gasteiger partial charge in [-0.1, -0.05) is 27.4 Å². The van der Waals surface area contributed by atoms with Gasteiger partial charge in [-0.25, -0.2) is 0 Å². The van der Waals surface area contributed by atoms with E-state index in [1.165, 1.54) is 13.8 Å². The maximum atomic E-state index is 11.8. The van der Waals surface area contributed by atoms with Crippen LogP contribution < -0.4 is 0 Å². The predicted octanol–water partition coefficient (Wildman–Crippen LogP) is 2.61. The lowest BCUT2D eigenvalue weighted by molar-refractivity contribution is -0.156. The van der Waals surface area contributed by atoms with Gasteiger partial charge in [-0.3, -0.25) is 9.59 Å². The summed E-state index contributed by atoms with van der Waals surface area (Å²) in [4.78, 5) is 23.1. The summed E-state index contributed by atoms with van der Waals surface area (Å²) in [6.07, 6.45) is 1.40. The first kappa shape index (κ1) is 17.5. The monoisotopic (exact) mass is 336 g/mol. The minimum Gasteiger partial charge on any atom is -0.462 e. The molecule has 3 rings (SSSR count). The fourth-order valence-electron chi connectivity index (χ4n) is 6.15. The van der Waals surface area contributed by atoms with Crippen LogP contribution in [-0.4, -0.2) is 34.9 Å². The highest BCUT2D eigenvalue weighted by Crippen LogP contribution is 2.72. The van der Waals surface area contributed by atoms with Gasteiger partial charge in [0, 0.05) is 31.1 Å². The Morgan fingerprint density at radius 2 is 1.71 bits per heavy atom. The van der Waals surface area contributed by atoms with E-state index in [1.54, 1.807) is 0 Å². The smallest absolute Gasteiger partial charge is 0.303 e. The zero-order chi connectivity index (χ0) is 18.1. The Morgan fingerprint density at radius 3 is 2.25 bits per heavy atom. The molecule has 3 saturated carbocycles. The number of rotatable bonds is 2. The highest BCUT2D eigenvalue weighted by Gasteiger charge is 2.76. The second kappa shape index (κ2) is 5.07. The van der Waals surface area contributed by atoms with Crippen LogP contribution in [0.3, 0.4) is 0 Å². The number of fused-ring (bicyclic) bond motifs is 3. The molecule has 0 bridgehead atoms. The molecule has 0 amide bonds. The van der Waals surface area contributed by atoms with Gasteiger partial charge in [0.1, 0.15) is 12.2 Å². The summed E-state index contributed by atoms with van der Waals surface area (Å²) in [7, 11) is 0. The van der Waals surface area contributed by atoms with E-state index in [2.05, 4.69) is 27.4 Å². The molecule has 134 valence electrons. The van der Waals surface area contributed by atoms with Crippen LogP contribution in [0, 0.1) is 22.7 Å². The van der Waals surface area contributed by atoms with Crippen molar-refractivity contribution in [3.8, 4) is 0 Å². The number of ether oxygens (including phenoxy) is 2. The minimum absolute atomic E-state index is 0.0834. The number of carbonyl (C=O) groups is 2. The van der Waals surface area contributed by atoms with Gasteiger partial charge in [-0.15, -0.1) is 0 Å². The Morgan fingerprint density at radius 1 is 1.12 bits per heavy atom. The minimum atomic E-state index is -1.17. The zero-order valence-corrected chi connectivity index (χ0v) is 15.2. The second-order valence-electron chi connectivity index (χ2n) is 8.75. The largest absolute Gasteiger partial charge is 0.462 e. The van der Waals surface area contributed by atoms with Crippen LogP contribution in [0.5, 0.6) is 0 Å². The van der Waals surface area contributed by atoms with Crippen LogP contribution in [0.25, 0.3) is 0 Å². The number of aliphatic hydroxyl groups is 1. The van der Waals surface area contributed by atoms with E-state index >= 15 is 0 Å². The van der Waals surface area contributed by atoms with E-state index in [0.29, 0.717) is 12.0 Å². The lowest BCUT2D eigenvalue weighted by Gasteiger charge is -2.42. The summed E-state index contributed by atoms with van der Waals surface area (Å²) in [5.74, 6) is -1.09. The molecule has 0 spiro atoms. The van der Waals surface area contributed by atoms with Crippen molar-refractivity contribution >= 4 is 11.9 Å². The molecule has 3 fully saturated rings. The molecule has 5 heteroatoms. The molecule has 0 aliphatic heterocycles. The first-order valence-electron chi connectivity index (χ1n) is 8.70. The number of hydrogen-bond acceptors (Lipinski definition) is 5. The molecule has 0 heterocycles. The average molecular weight is 336 g/mol. The maximum absolute atomic E-state index is 11.8. The summed E-state index contributed by atoms with van der Waals surface area (Å²) >= 11 is 0. The van der Waals surface area contributed by atoms with Crippen LogP contribution in [0.1, 0.15) is 53.9 Å². The van der Waals surface area contributed by atoms with Crippen molar-refractivity contribution < 1.29 is 24.2 Å². The molecule has 0 radical (unpaired) electrons. The van der Waals surface area contributed by atoms with Gasteiger partial charge in [0.2, 0.25) is 0 Å². The van der Waals surface area contributed by atoms with Gasteiger partial charge in [0.25, 0.3) is 0 Å². The van der Waals surface area contributed by atoms with Gasteiger partial charge in [-0.2, -0.15) is 0 Å². The third-order valence-electron chi connectivity index (χ3n) is 6.74. The highest BCUT2D eigenvalue weighted by atomic mass is 16.6. The Labute approximate surface area is 143 Å². The van der Waals surface area contributed by atoms with Crippen LogP contribution in [0.4, 0.5) is 0 Å². The molecule has 3 aliphatic rings. The fraction of sp³-hybridized carbons (Fsp3) is 0.789. The van der Waals surface area contributed by atoms with Crippen molar-refractivity contribution in [1.29, 1.82) is 0 Å². The molecule has 24 heavy (non-hydrogen) atoms. The van der Waals surface area contributed by atoms with Crippen LogP contribution >= 0.6 is 0 Å². The average Bonchev–Trinajstić information content (AvgIpc) is 2.89. The molecular formula is C19H28O5. The van der Waals surface area contributed by atoms with Crippen LogP contribution in [-0.2, 0) is 19.1 Å². The van der Waals surface area contributed by atoms with Gasteiger partial charge in [0.15, 0.2) is 0 Å². The third kappa shape index (κ3) is 2.10. The molecule has 5 nitrogen and oxygen atoms in total. The molecule has 0 saturated heterocycles. The molecule has 6 unspecified atom stereocenters. The van der Waals surface area contributed by atoms with E-state index in [0.717, 1.165) is 12.8 Å². The highest BCUT2D eigenvalue weighted by molar-refractivity contribution is 5.67. The van der Waals surface area contributed by atoms with Crippen molar-refractivity contribution in [2.75, 3.05) is 0 Å². The molecule has 0 aromatic heterocycles. The maximum Gasteiger partial charge on any atom is 0.303 e. The van der Waals surface area contributed by atoms with Gasteiger partial charge in [-0.05, 0) is 30.3 Å². The number of hydrogen-bond donors (Lipinski definition) is 1. The second-order valence-corrected chi connectivity index (χ2v) is 8.75. The van der Waals surface area contributed by atoms with Crippen molar-refractivity contribution in [3.05, 3.63) is 12.2 Å². The Hall–Kier alpha value is -1.36. The quantitative estimate of drug-likeness (QED) is 0.620. The van der Waals surface area contributed by atoms with Crippen molar-refractivity contribution in [3.63, 3.8) is 0 Å². The Kier molecular flexibility index (Phi) is 3.69. The van der Waals surface area contributed by atoms with E-state index in [-0.39, 0.29) is 40.7 Å². The summed E-state index contributed by atoms with van der Waals surface area (Å²) < 4.78 is 11.1. The van der Waals surface area contributed by atoms with E-state index < -0.39 is 11.7 Å². The summed E-state index contributed by atoms with van der Waals surface area (Å²) in [5, 5.41) is 11.8. The standard InChI is InChI=1S/C19H28O5/c1-10-14(23-11(2)20)9-13-15(24-12(3)21)18(6)8-7-17(4,5)16(18)19(10,13)22/h13-16,22H,1,7-9H2,2-6H3. The zero-order valence-electron chi connectivity index (χ0n) is 15.2. The third-order valence-corrected chi connectivity index (χ3v) is 6.74. The van der Waals surface area contributed by atoms with Crippen molar-refractivity contribution in [1.82, 2.24) is 0 Å². The lowest BCUT2D eigenvalue weighted by atomic mass is 9.66. The normalized spacial score (nSPS) is 45.7. The number of esters is 2. The number of carbonyl (C=O) groups excluding carboxylic acids is 2. The van der Waals surface area contributed by atoms with Gasteiger partial charge in [0.05, 0.1) is 5.60 Å². The SMILES string of the molecule is C=C1C(OC(C)=O)CC2C(OC(C)=O)C3(C)CCC(C)(C)C3C12O. The van der Waals surface area contributed by atoms with Crippen LogP contribution in [0.2, 0.25) is 0 Å². The van der Waals surface area contributed by atoms with Crippen molar-refractivity contribution in [2.45, 2.75) is 71.7 Å². The first-order valence-corrected chi connectivity index (χ1v) is 8.70. The fourth-order valence-corrected chi connectivity index (χ4v) is 6.15. The summed E-state index contributed by atoms with van der Waals surface area (Å²) in [5.41, 5.74) is -1.01. The molecule has 0 aromatic rings. The van der Waals surface area contributed by atoms with E-state index in [9.17, 15) is 14.7 Å². The molecular weight excluding hydrogens is 308 g/mol. The summed E-state index contributed by atoms with van der Waals surface area (Å²) in [6.45, 7) is 13.3. The van der Waals surface area contributed by atoms with E-state index in [4.69, 9.17) is 9.47 Å². The molecule has 3 aliphatic carbocycles. The topological polar surface area (TPSA) is 72.8 Å². The van der Waals surface area contributed by atoms with Gasteiger partial charge >= 0.3 is 11.9 Å². The van der Waals surface area contributed by atoms with Crippen molar-refractivity contribution in [2.24, 2.45) is 22.7 Å².